The molecule has 0 heterocycles. The molecule has 7 nitrogen and oxygen atoms in total. The minimum atomic E-state index is -0.570. The molecule has 0 fully saturated rings. The molecule has 2 N–H and O–H groups in total. The normalized spacial score (nSPS) is 11.6. The fourth-order valence-corrected chi connectivity index (χ4v) is 2.38. The van der Waals surface area contributed by atoms with Crippen LogP contribution in [0.3, 0.4) is 0 Å². The quantitative estimate of drug-likeness (QED) is 0.553. The number of nitrogens with zero attached hydrogens (tertiary/aromatic N) is 1. The number of hydrogen-bond donors (Lipinski definition) is 2. The maximum Gasteiger partial charge on any atom is 0.407 e. The average molecular weight is 369 g/mol. The van der Waals surface area contributed by atoms with E-state index >= 15 is 0 Å². The van der Waals surface area contributed by atoms with Gasteiger partial charge in [0.15, 0.2) is 0 Å². The molecule has 2 amide bonds. The van der Waals surface area contributed by atoms with Crippen LogP contribution in [0.1, 0.15) is 30.5 Å². The second-order valence-electron chi connectivity index (χ2n) is 5.60. The Morgan fingerprint density at radius 3 is 2.63 bits per heavy atom. The largest absolute Gasteiger partial charge is 0.497 e. The molecule has 0 radical (unpaired) electrons. The van der Waals surface area contributed by atoms with Crippen molar-refractivity contribution in [3.63, 3.8) is 0 Å². The highest BCUT2D eigenvalue weighted by Crippen LogP contribution is 2.16. The molecule has 2 aromatic carbocycles. The van der Waals surface area contributed by atoms with E-state index in [9.17, 15) is 9.59 Å². The molecule has 2 aromatic rings. The van der Waals surface area contributed by atoms with E-state index in [-0.39, 0.29) is 18.9 Å². The zero-order valence-corrected chi connectivity index (χ0v) is 15.3. The van der Waals surface area contributed by atoms with Crippen molar-refractivity contribution in [2.24, 2.45) is 5.10 Å². The van der Waals surface area contributed by atoms with Gasteiger partial charge in [0.2, 0.25) is 5.91 Å². The van der Waals surface area contributed by atoms with Crippen molar-refractivity contribution in [1.29, 1.82) is 0 Å². The van der Waals surface area contributed by atoms with E-state index in [1.54, 1.807) is 20.1 Å². The predicted molar refractivity (Wildman–Crippen MR) is 103 cm³/mol. The Labute approximate surface area is 158 Å². The lowest BCUT2D eigenvalue weighted by molar-refractivity contribution is -0.121. The van der Waals surface area contributed by atoms with Crippen LogP contribution in [0, 0.1) is 0 Å². The van der Waals surface area contributed by atoms with Crippen LogP contribution in [0.4, 0.5) is 4.79 Å². The monoisotopic (exact) mass is 369 g/mol. The van der Waals surface area contributed by atoms with Gasteiger partial charge >= 0.3 is 6.09 Å². The third kappa shape index (κ3) is 6.81. The van der Waals surface area contributed by atoms with E-state index in [0.717, 1.165) is 11.1 Å². The molecule has 7 heteroatoms. The Morgan fingerprint density at radius 1 is 1.15 bits per heavy atom. The summed E-state index contributed by atoms with van der Waals surface area (Å²) in [6, 6.07) is 16.0. The summed E-state index contributed by atoms with van der Waals surface area (Å²) in [7, 11) is 1.58. The Balaban J connectivity index is 1.98. The molecule has 142 valence electrons. The summed E-state index contributed by atoms with van der Waals surface area (Å²) < 4.78 is 10.1. The second kappa shape index (κ2) is 10.6. The van der Waals surface area contributed by atoms with Gasteiger partial charge in [0.25, 0.3) is 0 Å². The molecule has 0 saturated heterocycles. The van der Waals surface area contributed by atoms with Gasteiger partial charge in [-0.05, 0) is 30.2 Å². The zero-order chi connectivity index (χ0) is 19.5. The van der Waals surface area contributed by atoms with E-state index in [4.69, 9.17) is 9.47 Å². The Morgan fingerprint density at radius 2 is 1.93 bits per heavy atom. The summed E-state index contributed by atoms with van der Waals surface area (Å²) in [6.07, 6.45) is 0.980. The molecule has 1 atom stereocenters. The number of carbonyl (C=O) groups excluding carboxylic acids is 2. The lowest BCUT2D eigenvalue weighted by Gasteiger charge is -2.18. The van der Waals surface area contributed by atoms with Crippen molar-refractivity contribution in [3.8, 4) is 5.75 Å². The average Bonchev–Trinajstić information content (AvgIpc) is 2.68. The number of hydrogen-bond acceptors (Lipinski definition) is 5. The first-order valence-corrected chi connectivity index (χ1v) is 8.56. The number of rotatable bonds is 8. The standard InChI is InChI=1S/C20H23N3O4/c1-3-27-20(25)22-18(16-9-5-4-6-10-16)13-19(24)23-21-14-15-8-7-11-17(12-15)26-2/h4-12,14,18H,3,13H2,1-2H3,(H,22,25)(H,23,24)/b21-14-/t18-/m1/s1. The summed E-state index contributed by atoms with van der Waals surface area (Å²) in [4.78, 5) is 24.0. The van der Waals surface area contributed by atoms with Crippen LogP contribution < -0.4 is 15.5 Å². The molecule has 2 rings (SSSR count). The van der Waals surface area contributed by atoms with Crippen molar-refractivity contribution < 1.29 is 19.1 Å². The molecule has 0 aromatic heterocycles. The van der Waals surface area contributed by atoms with Gasteiger partial charge < -0.3 is 14.8 Å². The number of benzene rings is 2. The van der Waals surface area contributed by atoms with Gasteiger partial charge in [0.05, 0.1) is 32.4 Å². The summed E-state index contributed by atoms with van der Waals surface area (Å²) >= 11 is 0. The molecule has 0 aliphatic carbocycles. The highest BCUT2D eigenvalue weighted by Gasteiger charge is 2.18. The van der Waals surface area contributed by atoms with Crippen molar-refractivity contribution in [3.05, 3.63) is 65.7 Å². The topological polar surface area (TPSA) is 89.0 Å². The molecule has 0 unspecified atom stereocenters. The summed E-state index contributed by atoms with van der Waals surface area (Å²) in [5, 5.41) is 6.65. The van der Waals surface area contributed by atoms with E-state index < -0.39 is 12.1 Å². The van der Waals surface area contributed by atoms with Crippen LogP contribution in [-0.2, 0) is 9.53 Å². The maximum atomic E-state index is 12.2. The lowest BCUT2D eigenvalue weighted by atomic mass is 10.0. The highest BCUT2D eigenvalue weighted by atomic mass is 16.5. The molecule has 0 aliphatic heterocycles. The number of nitrogens with one attached hydrogen (secondary N) is 2. The molecular weight excluding hydrogens is 346 g/mol. The summed E-state index contributed by atoms with van der Waals surface area (Å²) in [5.74, 6) is 0.368. The number of hydrazone groups is 1. The van der Waals surface area contributed by atoms with Crippen LogP contribution >= 0.6 is 0 Å². The van der Waals surface area contributed by atoms with Crippen LogP contribution in [0.25, 0.3) is 0 Å². The number of alkyl carbamates (subject to hydrolysis) is 1. The van der Waals surface area contributed by atoms with E-state index in [2.05, 4.69) is 15.8 Å². The molecular formula is C20H23N3O4. The smallest absolute Gasteiger partial charge is 0.407 e. The molecule has 0 saturated carbocycles. The van der Waals surface area contributed by atoms with E-state index in [1.165, 1.54) is 6.21 Å². The third-order valence-electron chi connectivity index (χ3n) is 3.66. The molecule has 0 aliphatic rings. The first-order valence-electron chi connectivity index (χ1n) is 8.56. The number of amides is 2. The van der Waals surface area contributed by atoms with Crippen LogP contribution in [0.15, 0.2) is 59.7 Å². The second-order valence-corrected chi connectivity index (χ2v) is 5.60. The van der Waals surface area contributed by atoms with Gasteiger partial charge in [-0.3, -0.25) is 4.79 Å². The summed E-state index contributed by atoms with van der Waals surface area (Å²) in [6.45, 7) is 1.97. The Kier molecular flexibility index (Phi) is 7.84. The first kappa shape index (κ1) is 20.0. The van der Waals surface area contributed by atoms with Gasteiger partial charge in [-0.15, -0.1) is 0 Å². The predicted octanol–water partition coefficient (Wildman–Crippen LogP) is 3.02. The van der Waals surface area contributed by atoms with Crippen molar-refractivity contribution >= 4 is 18.2 Å². The number of methoxy groups -OCH3 is 1. The van der Waals surface area contributed by atoms with Crippen LogP contribution in [-0.4, -0.2) is 31.9 Å². The van der Waals surface area contributed by atoms with Crippen molar-refractivity contribution in [1.82, 2.24) is 10.7 Å². The van der Waals surface area contributed by atoms with E-state index in [1.807, 2.05) is 48.5 Å². The summed E-state index contributed by atoms with van der Waals surface area (Å²) in [5.41, 5.74) is 4.07. The molecule has 0 bridgehead atoms. The minimum absolute atomic E-state index is 0.0261. The fourth-order valence-electron chi connectivity index (χ4n) is 2.38. The van der Waals surface area contributed by atoms with Crippen LogP contribution in [0.5, 0.6) is 5.75 Å². The Hall–Kier alpha value is -3.35. The number of carbonyl (C=O) groups is 2. The first-order chi connectivity index (χ1) is 13.1. The maximum absolute atomic E-state index is 12.2. The van der Waals surface area contributed by atoms with Gasteiger partial charge in [-0.25, -0.2) is 10.2 Å². The lowest BCUT2D eigenvalue weighted by Crippen LogP contribution is -2.33. The van der Waals surface area contributed by atoms with Gasteiger partial charge in [0.1, 0.15) is 5.75 Å². The van der Waals surface area contributed by atoms with Crippen molar-refractivity contribution in [2.75, 3.05) is 13.7 Å². The fraction of sp³-hybridized carbons (Fsp3) is 0.250. The third-order valence-corrected chi connectivity index (χ3v) is 3.66. The molecule has 27 heavy (non-hydrogen) atoms. The number of ether oxygens (including phenoxy) is 2. The van der Waals surface area contributed by atoms with E-state index in [0.29, 0.717) is 5.75 Å². The zero-order valence-electron chi connectivity index (χ0n) is 15.3. The SMILES string of the molecule is CCOC(=O)N[C@H](CC(=O)N/N=C\c1cccc(OC)c1)c1ccccc1. The van der Waals surface area contributed by atoms with Crippen molar-refractivity contribution in [2.45, 2.75) is 19.4 Å². The van der Waals surface area contributed by atoms with Gasteiger partial charge in [-0.1, -0.05) is 42.5 Å². The molecule has 0 spiro atoms. The van der Waals surface area contributed by atoms with Gasteiger partial charge in [0, 0.05) is 0 Å². The Bertz CT molecular complexity index is 778. The minimum Gasteiger partial charge on any atom is -0.497 e. The highest BCUT2D eigenvalue weighted by molar-refractivity contribution is 5.83. The van der Waals surface area contributed by atoms with Gasteiger partial charge in [-0.2, -0.15) is 5.10 Å². The van der Waals surface area contributed by atoms with Crippen LogP contribution in [0.2, 0.25) is 0 Å².